The van der Waals surface area contributed by atoms with Gasteiger partial charge in [-0.2, -0.15) is 0 Å². The lowest BCUT2D eigenvalue weighted by molar-refractivity contribution is 0.160. The number of rotatable bonds is 2. The van der Waals surface area contributed by atoms with E-state index < -0.39 is 0 Å². The summed E-state index contributed by atoms with van der Waals surface area (Å²) in [6.07, 6.45) is 5.63. The summed E-state index contributed by atoms with van der Waals surface area (Å²) in [5.41, 5.74) is 9.33. The third-order valence-corrected chi connectivity index (χ3v) is 5.61. The van der Waals surface area contributed by atoms with Crippen LogP contribution in [0.25, 0.3) is 0 Å². The highest BCUT2D eigenvalue weighted by Crippen LogP contribution is 2.41. The largest absolute Gasteiger partial charge is 0.493 e. The van der Waals surface area contributed by atoms with Gasteiger partial charge >= 0.3 is 0 Å². The minimum absolute atomic E-state index is 0.0851. The maximum Gasteiger partial charge on any atom is 0.125 e. The van der Waals surface area contributed by atoms with E-state index in [1.165, 1.54) is 24.0 Å². The van der Waals surface area contributed by atoms with Gasteiger partial charge in [-0.3, -0.25) is 0 Å². The zero-order valence-electron chi connectivity index (χ0n) is 12.4. The van der Waals surface area contributed by atoms with Crippen LogP contribution in [0.3, 0.4) is 0 Å². The van der Waals surface area contributed by atoms with E-state index in [2.05, 4.69) is 41.9 Å². The van der Waals surface area contributed by atoms with Gasteiger partial charge in [-0.05, 0) is 54.4 Å². The molecular formula is C17H24BrNO. The van der Waals surface area contributed by atoms with Crippen LogP contribution in [0.5, 0.6) is 5.75 Å². The molecule has 1 fully saturated rings. The quantitative estimate of drug-likeness (QED) is 0.882. The lowest BCUT2D eigenvalue weighted by Crippen LogP contribution is -2.51. The van der Waals surface area contributed by atoms with Crippen LogP contribution in [0, 0.1) is 11.8 Å². The van der Waals surface area contributed by atoms with Gasteiger partial charge in [0.2, 0.25) is 0 Å². The maximum absolute atomic E-state index is 6.80. The maximum atomic E-state index is 6.80. The first-order valence-corrected chi connectivity index (χ1v) is 8.50. The summed E-state index contributed by atoms with van der Waals surface area (Å²) in [4.78, 5) is 0. The van der Waals surface area contributed by atoms with Gasteiger partial charge in [-0.15, -0.1) is 0 Å². The van der Waals surface area contributed by atoms with Crippen LogP contribution in [-0.4, -0.2) is 12.1 Å². The van der Waals surface area contributed by atoms with E-state index in [4.69, 9.17) is 10.5 Å². The van der Waals surface area contributed by atoms with Crippen molar-refractivity contribution in [3.8, 4) is 5.75 Å². The number of halogens is 1. The molecule has 3 atom stereocenters. The van der Waals surface area contributed by atoms with Crippen LogP contribution < -0.4 is 10.5 Å². The molecule has 3 heteroatoms. The Morgan fingerprint density at radius 2 is 2.15 bits per heavy atom. The summed E-state index contributed by atoms with van der Waals surface area (Å²) in [7, 11) is 0. The van der Waals surface area contributed by atoms with Gasteiger partial charge in [-0.25, -0.2) is 0 Å². The van der Waals surface area contributed by atoms with Gasteiger partial charge in [0, 0.05) is 16.4 Å². The normalized spacial score (nSPS) is 32.8. The van der Waals surface area contributed by atoms with E-state index in [-0.39, 0.29) is 5.54 Å². The molecule has 1 aromatic carbocycles. The van der Waals surface area contributed by atoms with E-state index in [0.29, 0.717) is 5.92 Å². The SMILES string of the molecule is CC1CCC(C)C(N)(Cc2cc(Br)cc3c2OCC3)C1. The second kappa shape index (κ2) is 5.34. The van der Waals surface area contributed by atoms with Crippen molar-refractivity contribution in [1.82, 2.24) is 0 Å². The fourth-order valence-electron chi connectivity index (χ4n) is 3.85. The summed E-state index contributed by atoms with van der Waals surface area (Å²) in [6.45, 7) is 5.45. The van der Waals surface area contributed by atoms with E-state index >= 15 is 0 Å². The Bertz CT molecular complexity index is 516. The number of fused-ring (bicyclic) bond motifs is 1. The highest BCUT2D eigenvalue weighted by Gasteiger charge is 2.38. The van der Waals surface area contributed by atoms with Crippen molar-refractivity contribution in [3.05, 3.63) is 27.7 Å². The van der Waals surface area contributed by atoms with Crippen LogP contribution >= 0.6 is 15.9 Å². The third-order valence-electron chi connectivity index (χ3n) is 5.15. The molecule has 0 radical (unpaired) electrons. The molecule has 0 amide bonds. The van der Waals surface area contributed by atoms with Crippen molar-refractivity contribution < 1.29 is 4.74 Å². The van der Waals surface area contributed by atoms with E-state index in [0.717, 1.165) is 42.0 Å². The van der Waals surface area contributed by atoms with Crippen molar-refractivity contribution in [2.45, 2.75) is 51.5 Å². The molecule has 1 saturated carbocycles. The minimum Gasteiger partial charge on any atom is -0.493 e. The average molecular weight is 338 g/mol. The lowest BCUT2D eigenvalue weighted by atomic mass is 9.67. The van der Waals surface area contributed by atoms with Crippen molar-refractivity contribution in [2.75, 3.05) is 6.61 Å². The Kier molecular flexibility index (Phi) is 3.85. The number of hydrogen-bond acceptors (Lipinski definition) is 2. The first kappa shape index (κ1) is 14.4. The highest BCUT2D eigenvalue weighted by atomic mass is 79.9. The zero-order valence-corrected chi connectivity index (χ0v) is 14.0. The standard InChI is InChI=1S/C17H24BrNO/c1-11-3-4-12(2)17(19,9-11)10-14-8-15(18)7-13-5-6-20-16(13)14/h7-8,11-12H,3-6,9-10,19H2,1-2H3. The molecule has 1 aromatic rings. The van der Waals surface area contributed by atoms with Crippen molar-refractivity contribution in [1.29, 1.82) is 0 Å². The monoisotopic (exact) mass is 337 g/mol. The first-order valence-electron chi connectivity index (χ1n) is 7.71. The third kappa shape index (κ3) is 2.62. The first-order chi connectivity index (χ1) is 9.48. The molecule has 1 aliphatic heterocycles. The number of nitrogens with two attached hydrogens (primary N) is 1. The van der Waals surface area contributed by atoms with Crippen LogP contribution in [-0.2, 0) is 12.8 Å². The van der Waals surface area contributed by atoms with Crippen LogP contribution in [0.2, 0.25) is 0 Å². The molecule has 1 heterocycles. The molecule has 0 bridgehead atoms. The Hall–Kier alpha value is -0.540. The number of ether oxygens (including phenoxy) is 1. The zero-order chi connectivity index (χ0) is 14.3. The second-order valence-electron chi connectivity index (χ2n) is 6.85. The van der Waals surface area contributed by atoms with Gasteiger partial charge in [0.1, 0.15) is 5.75 Å². The van der Waals surface area contributed by atoms with Gasteiger partial charge in [-0.1, -0.05) is 36.2 Å². The second-order valence-corrected chi connectivity index (χ2v) is 7.76. The Morgan fingerprint density at radius 3 is 2.95 bits per heavy atom. The Morgan fingerprint density at radius 1 is 1.35 bits per heavy atom. The molecule has 0 aromatic heterocycles. The molecule has 110 valence electrons. The fraction of sp³-hybridized carbons (Fsp3) is 0.647. The lowest BCUT2D eigenvalue weighted by Gasteiger charge is -2.42. The van der Waals surface area contributed by atoms with Crippen molar-refractivity contribution in [2.24, 2.45) is 17.6 Å². The Labute approximate surface area is 130 Å². The molecular weight excluding hydrogens is 314 g/mol. The predicted molar refractivity (Wildman–Crippen MR) is 86.1 cm³/mol. The summed E-state index contributed by atoms with van der Waals surface area (Å²) in [6, 6.07) is 4.38. The molecule has 2 N–H and O–H groups in total. The van der Waals surface area contributed by atoms with Gasteiger partial charge in [0.05, 0.1) is 6.61 Å². The number of hydrogen-bond donors (Lipinski definition) is 1. The molecule has 20 heavy (non-hydrogen) atoms. The van der Waals surface area contributed by atoms with Gasteiger partial charge in [0.15, 0.2) is 0 Å². The molecule has 0 spiro atoms. The van der Waals surface area contributed by atoms with Crippen LogP contribution in [0.15, 0.2) is 16.6 Å². The predicted octanol–water partition coefficient (Wildman–Crippen LogP) is 4.08. The highest BCUT2D eigenvalue weighted by molar-refractivity contribution is 9.10. The van der Waals surface area contributed by atoms with Crippen LogP contribution in [0.4, 0.5) is 0 Å². The summed E-state index contributed by atoms with van der Waals surface area (Å²) in [5.74, 6) is 2.41. The van der Waals surface area contributed by atoms with Crippen molar-refractivity contribution in [3.63, 3.8) is 0 Å². The molecule has 1 aliphatic carbocycles. The topological polar surface area (TPSA) is 35.2 Å². The van der Waals surface area contributed by atoms with E-state index in [9.17, 15) is 0 Å². The molecule has 0 saturated heterocycles. The summed E-state index contributed by atoms with van der Waals surface area (Å²) >= 11 is 3.63. The molecule has 2 aliphatic rings. The molecule has 3 rings (SSSR count). The van der Waals surface area contributed by atoms with Gasteiger partial charge < -0.3 is 10.5 Å². The smallest absolute Gasteiger partial charge is 0.125 e. The van der Waals surface area contributed by atoms with Crippen molar-refractivity contribution >= 4 is 15.9 Å². The van der Waals surface area contributed by atoms with E-state index in [1.807, 2.05) is 0 Å². The summed E-state index contributed by atoms with van der Waals surface area (Å²) in [5, 5.41) is 0. The summed E-state index contributed by atoms with van der Waals surface area (Å²) < 4.78 is 7.01. The minimum atomic E-state index is -0.0851. The Balaban J connectivity index is 1.91. The fourth-order valence-corrected chi connectivity index (χ4v) is 4.40. The molecule has 2 nitrogen and oxygen atoms in total. The van der Waals surface area contributed by atoms with Gasteiger partial charge in [0.25, 0.3) is 0 Å². The van der Waals surface area contributed by atoms with Crippen LogP contribution in [0.1, 0.15) is 44.2 Å². The van der Waals surface area contributed by atoms with E-state index in [1.54, 1.807) is 0 Å². The average Bonchev–Trinajstić information content (AvgIpc) is 2.82. The number of benzene rings is 1. The molecule has 3 unspecified atom stereocenters.